The molecule has 1 aromatic rings. The van der Waals surface area contributed by atoms with Gasteiger partial charge in [0.25, 0.3) is 0 Å². The highest BCUT2D eigenvalue weighted by molar-refractivity contribution is 7.11. The van der Waals surface area contributed by atoms with Gasteiger partial charge in [0.1, 0.15) is 0 Å². The lowest BCUT2D eigenvalue weighted by Crippen LogP contribution is -2.14. The van der Waals surface area contributed by atoms with Crippen molar-refractivity contribution in [1.82, 2.24) is 10.3 Å². The number of nitrogens with one attached hydrogen (secondary N) is 1. The van der Waals surface area contributed by atoms with Crippen molar-refractivity contribution in [3.8, 4) is 0 Å². The third kappa shape index (κ3) is 4.17. The summed E-state index contributed by atoms with van der Waals surface area (Å²) in [5.74, 6) is 0. The van der Waals surface area contributed by atoms with Crippen molar-refractivity contribution in [1.29, 1.82) is 0 Å². The van der Waals surface area contributed by atoms with Crippen LogP contribution in [-0.2, 0) is 12.6 Å². The van der Waals surface area contributed by atoms with Crippen molar-refractivity contribution in [2.45, 2.75) is 25.9 Å². The van der Waals surface area contributed by atoms with Crippen molar-refractivity contribution in [3.05, 3.63) is 16.1 Å². The Bertz CT molecular complexity index is 296. The standard InChI is InChI=1S/C9H13F3N2S/c1-2-13-5-3-4-7-6-14-8(15-7)9(10,11)12/h6,13H,2-5H2,1H3. The molecule has 0 aromatic carbocycles. The number of hydrogen-bond acceptors (Lipinski definition) is 3. The van der Waals surface area contributed by atoms with Crippen LogP contribution in [-0.4, -0.2) is 18.1 Å². The van der Waals surface area contributed by atoms with Crippen molar-refractivity contribution in [2.24, 2.45) is 0 Å². The van der Waals surface area contributed by atoms with Crippen molar-refractivity contribution in [3.63, 3.8) is 0 Å². The average Bonchev–Trinajstić information content (AvgIpc) is 2.60. The molecule has 1 rings (SSSR count). The van der Waals surface area contributed by atoms with Gasteiger partial charge in [-0.2, -0.15) is 13.2 Å². The minimum absolute atomic E-state index is 0.654. The first-order valence-corrected chi connectivity index (χ1v) is 5.58. The zero-order valence-corrected chi connectivity index (χ0v) is 9.21. The Hall–Kier alpha value is -0.620. The highest BCUT2D eigenvalue weighted by Crippen LogP contribution is 2.32. The molecule has 0 spiro atoms. The molecular weight excluding hydrogens is 225 g/mol. The van der Waals surface area contributed by atoms with Crippen molar-refractivity contribution in [2.75, 3.05) is 13.1 Å². The second-order valence-electron chi connectivity index (χ2n) is 3.09. The SMILES string of the molecule is CCNCCCc1cnc(C(F)(F)F)s1. The second kappa shape index (κ2) is 5.46. The van der Waals surface area contributed by atoms with Crippen LogP contribution in [0.25, 0.3) is 0 Å². The predicted molar refractivity (Wildman–Crippen MR) is 54.0 cm³/mol. The lowest BCUT2D eigenvalue weighted by Gasteiger charge is -2.00. The van der Waals surface area contributed by atoms with E-state index in [1.807, 2.05) is 6.92 Å². The van der Waals surface area contributed by atoms with Crippen LogP contribution >= 0.6 is 11.3 Å². The van der Waals surface area contributed by atoms with Crippen LogP contribution in [0, 0.1) is 0 Å². The molecule has 6 heteroatoms. The number of nitrogens with zero attached hydrogens (tertiary/aromatic N) is 1. The lowest BCUT2D eigenvalue weighted by molar-refractivity contribution is -0.137. The second-order valence-corrected chi connectivity index (χ2v) is 4.20. The first-order valence-electron chi connectivity index (χ1n) is 4.76. The van der Waals surface area contributed by atoms with Gasteiger partial charge in [0, 0.05) is 11.1 Å². The first kappa shape index (κ1) is 12.4. The van der Waals surface area contributed by atoms with E-state index in [4.69, 9.17) is 0 Å². The fourth-order valence-corrected chi connectivity index (χ4v) is 1.94. The van der Waals surface area contributed by atoms with Crippen LogP contribution < -0.4 is 5.32 Å². The van der Waals surface area contributed by atoms with E-state index >= 15 is 0 Å². The van der Waals surface area contributed by atoms with Gasteiger partial charge in [-0.05, 0) is 25.9 Å². The summed E-state index contributed by atoms with van der Waals surface area (Å²) in [5, 5.41) is 2.37. The van der Waals surface area contributed by atoms with Gasteiger partial charge in [0.15, 0.2) is 5.01 Å². The predicted octanol–water partition coefficient (Wildman–Crippen LogP) is 2.70. The van der Waals surface area contributed by atoms with E-state index in [-0.39, 0.29) is 0 Å². The number of aryl methyl sites for hydroxylation is 1. The van der Waals surface area contributed by atoms with Gasteiger partial charge in [-0.25, -0.2) is 4.98 Å². The highest BCUT2D eigenvalue weighted by Gasteiger charge is 2.34. The van der Waals surface area contributed by atoms with Crippen LogP contribution in [0.4, 0.5) is 13.2 Å². The van der Waals surface area contributed by atoms with Crippen LogP contribution in [0.5, 0.6) is 0 Å². The zero-order valence-electron chi connectivity index (χ0n) is 8.40. The molecule has 1 heterocycles. The molecule has 15 heavy (non-hydrogen) atoms. The molecule has 1 aromatic heterocycles. The summed E-state index contributed by atoms with van der Waals surface area (Å²) < 4.78 is 36.5. The van der Waals surface area contributed by atoms with Gasteiger partial charge in [0.2, 0.25) is 0 Å². The summed E-state index contributed by atoms with van der Waals surface area (Å²) in [5.41, 5.74) is 0. The Morgan fingerprint density at radius 3 is 2.73 bits per heavy atom. The number of aromatic nitrogens is 1. The van der Waals surface area contributed by atoms with Crippen LogP contribution in [0.3, 0.4) is 0 Å². The van der Waals surface area contributed by atoms with Gasteiger partial charge < -0.3 is 5.32 Å². The van der Waals surface area contributed by atoms with Gasteiger partial charge >= 0.3 is 6.18 Å². The molecule has 0 atom stereocenters. The van der Waals surface area contributed by atoms with Gasteiger partial charge in [-0.3, -0.25) is 0 Å². The molecule has 0 aliphatic carbocycles. The van der Waals surface area contributed by atoms with Crippen LogP contribution in [0.15, 0.2) is 6.20 Å². The maximum atomic E-state index is 12.2. The largest absolute Gasteiger partial charge is 0.443 e. The quantitative estimate of drug-likeness (QED) is 0.798. The highest BCUT2D eigenvalue weighted by atomic mass is 32.1. The van der Waals surface area contributed by atoms with Gasteiger partial charge in [-0.15, -0.1) is 11.3 Å². The van der Waals surface area contributed by atoms with E-state index in [1.165, 1.54) is 6.20 Å². The minimum atomic E-state index is -4.30. The fourth-order valence-electron chi connectivity index (χ4n) is 1.12. The maximum Gasteiger partial charge on any atom is 0.443 e. The van der Waals surface area contributed by atoms with Crippen molar-refractivity contribution >= 4 is 11.3 Å². The normalized spacial score (nSPS) is 12.0. The monoisotopic (exact) mass is 238 g/mol. The number of rotatable bonds is 5. The van der Waals surface area contributed by atoms with Crippen molar-refractivity contribution < 1.29 is 13.2 Å². The molecule has 2 nitrogen and oxygen atoms in total. The maximum absolute atomic E-state index is 12.2. The van der Waals surface area contributed by atoms with E-state index in [0.717, 1.165) is 30.8 Å². The molecule has 1 N–H and O–H groups in total. The van der Waals surface area contributed by atoms with E-state index in [0.29, 0.717) is 11.3 Å². The molecule has 0 bridgehead atoms. The third-order valence-corrected chi connectivity index (χ3v) is 2.92. The lowest BCUT2D eigenvalue weighted by atomic mass is 10.3. The number of hydrogen-bond donors (Lipinski definition) is 1. The summed E-state index contributed by atoms with van der Waals surface area (Å²) in [4.78, 5) is 4.05. The summed E-state index contributed by atoms with van der Waals surface area (Å²) in [6, 6.07) is 0. The molecular formula is C9H13F3N2S. The Morgan fingerprint density at radius 2 is 2.20 bits per heavy atom. The number of halogens is 3. The molecule has 0 saturated carbocycles. The average molecular weight is 238 g/mol. The molecule has 0 amide bonds. The van der Waals surface area contributed by atoms with Crippen LogP contribution in [0.1, 0.15) is 23.2 Å². The van der Waals surface area contributed by atoms with E-state index in [9.17, 15) is 13.2 Å². The zero-order chi connectivity index (χ0) is 11.3. The Balaban J connectivity index is 2.40. The molecule has 0 fully saturated rings. The molecule has 0 saturated heterocycles. The summed E-state index contributed by atoms with van der Waals surface area (Å²) in [7, 11) is 0. The van der Waals surface area contributed by atoms with Gasteiger partial charge in [-0.1, -0.05) is 6.92 Å². The summed E-state index contributed by atoms with van der Waals surface area (Å²) in [6.45, 7) is 3.71. The molecule has 0 unspecified atom stereocenters. The van der Waals surface area contributed by atoms with E-state index < -0.39 is 11.2 Å². The smallest absolute Gasteiger partial charge is 0.317 e. The van der Waals surface area contributed by atoms with Gasteiger partial charge in [0.05, 0.1) is 0 Å². The molecule has 86 valence electrons. The molecule has 0 aliphatic rings. The fraction of sp³-hybridized carbons (Fsp3) is 0.667. The molecule has 0 radical (unpaired) electrons. The molecule has 0 aliphatic heterocycles. The Kier molecular flexibility index (Phi) is 4.53. The van der Waals surface area contributed by atoms with E-state index in [2.05, 4.69) is 10.3 Å². The Morgan fingerprint density at radius 1 is 1.47 bits per heavy atom. The number of thiazole rings is 1. The summed E-state index contributed by atoms with van der Waals surface area (Å²) >= 11 is 0.734. The third-order valence-electron chi connectivity index (χ3n) is 1.82. The summed E-state index contributed by atoms with van der Waals surface area (Å²) in [6.07, 6.45) is -1.49. The number of alkyl halides is 3. The Labute approximate surface area is 90.5 Å². The van der Waals surface area contributed by atoms with E-state index in [1.54, 1.807) is 0 Å². The first-order chi connectivity index (χ1) is 7.04. The van der Waals surface area contributed by atoms with Crippen LogP contribution in [0.2, 0.25) is 0 Å². The topological polar surface area (TPSA) is 24.9 Å². The minimum Gasteiger partial charge on any atom is -0.317 e.